The van der Waals surface area contributed by atoms with E-state index in [1.54, 1.807) is 29.1 Å². The van der Waals surface area contributed by atoms with Gasteiger partial charge < -0.3 is 0 Å². The van der Waals surface area contributed by atoms with Gasteiger partial charge in [-0.05, 0) is 38.3 Å². The Morgan fingerprint density at radius 2 is 2.17 bits per heavy atom. The summed E-state index contributed by atoms with van der Waals surface area (Å²) >= 11 is 1.41. The van der Waals surface area contributed by atoms with Crippen LogP contribution < -0.4 is 5.32 Å². The Balaban J connectivity index is 1.73. The number of amides is 1. The normalized spacial score (nSPS) is 13.1. The van der Waals surface area contributed by atoms with Crippen molar-refractivity contribution in [1.82, 2.24) is 14.8 Å². The fourth-order valence-corrected chi connectivity index (χ4v) is 3.67. The topological polar surface area (TPSA) is 59.8 Å². The maximum absolute atomic E-state index is 14.1. The van der Waals surface area contributed by atoms with Crippen LogP contribution in [0.1, 0.15) is 33.0 Å². The van der Waals surface area contributed by atoms with E-state index < -0.39 is 0 Å². The number of carbonyl (C=O) groups is 1. The molecule has 4 rings (SSSR count). The number of aryl methyl sites for hydroxylation is 1. The molecule has 122 valence electrons. The molecule has 2 heterocycles. The highest BCUT2D eigenvalue weighted by molar-refractivity contribution is 7.15. The molecule has 2 aromatic heterocycles. The van der Waals surface area contributed by atoms with E-state index in [9.17, 15) is 9.18 Å². The number of benzene rings is 1. The highest BCUT2D eigenvalue weighted by Gasteiger charge is 2.28. The highest BCUT2D eigenvalue weighted by atomic mass is 32.1. The predicted molar refractivity (Wildman–Crippen MR) is 90.4 cm³/mol. The van der Waals surface area contributed by atoms with Crippen molar-refractivity contribution >= 4 is 22.4 Å². The molecule has 1 aliphatic carbocycles. The summed E-state index contributed by atoms with van der Waals surface area (Å²) in [4.78, 5) is 17.8. The van der Waals surface area contributed by atoms with Crippen LogP contribution in [0.4, 0.5) is 9.52 Å². The van der Waals surface area contributed by atoms with E-state index in [4.69, 9.17) is 0 Å². The van der Waals surface area contributed by atoms with Gasteiger partial charge in [-0.25, -0.2) is 14.1 Å². The molecule has 24 heavy (non-hydrogen) atoms. The lowest BCUT2D eigenvalue weighted by Gasteiger charge is -2.06. The molecular formula is C17H15FN4OS. The van der Waals surface area contributed by atoms with Gasteiger partial charge in [0, 0.05) is 22.3 Å². The number of para-hydroxylation sites is 1. The molecular weight excluding hydrogens is 327 g/mol. The van der Waals surface area contributed by atoms with Crippen molar-refractivity contribution in [2.24, 2.45) is 0 Å². The van der Waals surface area contributed by atoms with Gasteiger partial charge in [-0.1, -0.05) is 12.1 Å². The van der Waals surface area contributed by atoms with Crippen molar-refractivity contribution in [3.63, 3.8) is 0 Å². The molecule has 5 nitrogen and oxygen atoms in total. The van der Waals surface area contributed by atoms with E-state index in [-0.39, 0.29) is 11.7 Å². The smallest absolute Gasteiger partial charge is 0.278 e. The number of aromatic nitrogens is 3. The van der Waals surface area contributed by atoms with Gasteiger partial charge in [0.05, 0.1) is 0 Å². The van der Waals surface area contributed by atoms with Crippen LogP contribution in [0.2, 0.25) is 0 Å². The van der Waals surface area contributed by atoms with Crippen molar-refractivity contribution in [1.29, 1.82) is 0 Å². The molecule has 0 aliphatic heterocycles. The van der Waals surface area contributed by atoms with E-state index in [0.717, 1.165) is 35.4 Å². The zero-order valence-electron chi connectivity index (χ0n) is 13.0. The summed E-state index contributed by atoms with van der Waals surface area (Å²) in [7, 11) is 0. The number of rotatable bonds is 3. The lowest BCUT2D eigenvalue weighted by atomic mass is 10.2. The molecule has 3 aromatic rings. The van der Waals surface area contributed by atoms with Crippen LogP contribution in [-0.4, -0.2) is 20.7 Å². The molecule has 0 radical (unpaired) electrons. The number of hydrogen-bond donors (Lipinski definition) is 1. The summed E-state index contributed by atoms with van der Waals surface area (Å²) in [5, 5.41) is 7.74. The van der Waals surface area contributed by atoms with Crippen LogP contribution in [0.5, 0.6) is 0 Å². The molecule has 0 spiro atoms. The van der Waals surface area contributed by atoms with Crippen LogP contribution in [0.25, 0.3) is 5.69 Å². The summed E-state index contributed by atoms with van der Waals surface area (Å²) in [6.45, 7) is 1.93. The van der Waals surface area contributed by atoms with Gasteiger partial charge in [0.1, 0.15) is 11.5 Å². The van der Waals surface area contributed by atoms with Gasteiger partial charge in [0.15, 0.2) is 10.8 Å². The standard InChI is InChI=1S/C17H15FN4OS/c1-10-9-19-17(24-10)20-16(23)15-11-5-4-8-13(11)22(21-15)14-7-3-2-6-12(14)18/h2-3,6-7,9H,4-5,8H2,1H3,(H,19,20,23). The van der Waals surface area contributed by atoms with Gasteiger partial charge >= 0.3 is 0 Å². The fourth-order valence-electron chi connectivity index (χ4n) is 3.01. The van der Waals surface area contributed by atoms with Crippen molar-refractivity contribution in [2.45, 2.75) is 26.2 Å². The van der Waals surface area contributed by atoms with E-state index in [1.807, 2.05) is 6.92 Å². The minimum absolute atomic E-state index is 0.294. The van der Waals surface area contributed by atoms with E-state index in [0.29, 0.717) is 16.5 Å². The molecule has 0 fully saturated rings. The molecule has 0 atom stereocenters. The monoisotopic (exact) mass is 342 g/mol. The third kappa shape index (κ3) is 2.50. The third-order valence-corrected chi connectivity index (χ3v) is 4.90. The van der Waals surface area contributed by atoms with Gasteiger partial charge in [0.25, 0.3) is 5.91 Å². The molecule has 0 unspecified atom stereocenters. The lowest BCUT2D eigenvalue weighted by Crippen LogP contribution is -2.15. The number of halogens is 1. The second kappa shape index (κ2) is 5.83. The van der Waals surface area contributed by atoms with Crippen LogP contribution in [-0.2, 0) is 12.8 Å². The molecule has 0 saturated carbocycles. The molecule has 0 saturated heterocycles. The summed E-state index contributed by atoms with van der Waals surface area (Å²) < 4.78 is 15.7. The third-order valence-electron chi connectivity index (χ3n) is 4.07. The zero-order valence-corrected chi connectivity index (χ0v) is 13.9. The fraction of sp³-hybridized carbons (Fsp3) is 0.235. The number of fused-ring (bicyclic) bond motifs is 1. The molecule has 1 amide bonds. The van der Waals surface area contributed by atoms with Gasteiger partial charge in [-0.15, -0.1) is 11.3 Å². The Morgan fingerprint density at radius 3 is 2.92 bits per heavy atom. The van der Waals surface area contributed by atoms with Crippen molar-refractivity contribution < 1.29 is 9.18 Å². The van der Waals surface area contributed by atoms with Crippen LogP contribution in [0.3, 0.4) is 0 Å². The van der Waals surface area contributed by atoms with Crippen molar-refractivity contribution in [3.8, 4) is 5.69 Å². The summed E-state index contributed by atoms with van der Waals surface area (Å²) in [5.41, 5.74) is 2.56. The average Bonchev–Trinajstić information content (AvgIpc) is 3.24. The van der Waals surface area contributed by atoms with Crippen LogP contribution in [0.15, 0.2) is 30.5 Å². The minimum Gasteiger partial charge on any atom is -0.296 e. The predicted octanol–water partition coefficient (Wildman–Crippen LogP) is 3.52. The number of carbonyl (C=O) groups excluding carboxylic acids is 1. The molecule has 0 bridgehead atoms. The maximum atomic E-state index is 14.1. The Kier molecular flexibility index (Phi) is 3.65. The summed E-state index contributed by atoms with van der Waals surface area (Å²) in [6.07, 6.45) is 4.23. The Hall–Kier alpha value is -2.54. The maximum Gasteiger partial charge on any atom is 0.278 e. The molecule has 1 aliphatic rings. The van der Waals surface area contributed by atoms with Crippen LogP contribution >= 0.6 is 11.3 Å². The van der Waals surface area contributed by atoms with Gasteiger partial charge in [0.2, 0.25) is 0 Å². The van der Waals surface area contributed by atoms with Gasteiger partial charge in [-0.3, -0.25) is 10.1 Å². The number of nitrogens with zero attached hydrogens (tertiary/aromatic N) is 3. The Bertz CT molecular complexity index is 931. The van der Waals surface area contributed by atoms with Crippen LogP contribution in [0, 0.1) is 12.7 Å². The second-order valence-corrected chi connectivity index (χ2v) is 6.96. The number of anilines is 1. The van der Waals surface area contributed by atoms with Crippen molar-refractivity contribution in [3.05, 3.63) is 58.1 Å². The SMILES string of the molecule is Cc1cnc(NC(=O)c2nn(-c3ccccc3F)c3c2CCC3)s1. The second-order valence-electron chi connectivity index (χ2n) is 5.72. The van der Waals surface area contributed by atoms with Gasteiger partial charge in [-0.2, -0.15) is 5.10 Å². The first-order chi connectivity index (χ1) is 11.6. The quantitative estimate of drug-likeness (QED) is 0.792. The van der Waals surface area contributed by atoms with E-state index in [2.05, 4.69) is 15.4 Å². The summed E-state index contributed by atoms with van der Waals surface area (Å²) in [5.74, 6) is -0.644. The Morgan fingerprint density at radius 1 is 1.33 bits per heavy atom. The van der Waals surface area contributed by atoms with Crippen molar-refractivity contribution in [2.75, 3.05) is 5.32 Å². The largest absolute Gasteiger partial charge is 0.296 e. The lowest BCUT2D eigenvalue weighted by molar-refractivity contribution is 0.102. The Labute approximate surface area is 142 Å². The molecule has 1 N–H and O–H groups in total. The van der Waals surface area contributed by atoms with E-state index >= 15 is 0 Å². The first kappa shape index (κ1) is 15.0. The first-order valence-electron chi connectivity index (χ1n) is 7.73. The van der Waals surface area contributed by atoms with E-state index in [1.165, 1.54) is 17.4 Å². The highest BCUT2D eigenvalue weighted by Crippen LogP contribution is 2.29. The number of nitrogens with one attached hydrogen (secondary N) is 1. The average molecular weight is 342 g/mol. The molecule has 7 heteroatoms. The molecule has 1 aromatic carbocycles. The first-order valence-corrected chi connectivity index (χ1v) is 8.54. The number of hydrogen-bond acceptors (Lipinski definition) is 4. The minimum atomic E-state index is -0.350. The number of thiazole rings is 1. The summed E-state index contributed by atoms with van der Waals surface area (Å²) in [6, 6.07) is 6.48. The zero-order chi connectivity index (χ0) is 16.7.